The van der Waals surface area contributed by atoms with Crippen molar-refractivity contribution in [2.24, 2.45) is 0 Å². The number of hydrogen-bond donors (Lipinski definition) is 1. The largest absolute Gasteiger partial charge is 0.494 e. The SMILES string of the molecule is CCCN1CCc2cc(CN3CCNCC3)c(OCC)cc2C1. The third kappa shape index (κ3) is 4.25. The molecule has 0 atom stereocenters. The summed E-state index contributed by atoms with van der Waals surface area (Å²) in [5.41, 5.74) is 4.37. The summed E-state index contributed by atoms with van der Waals surface area (Å²) in [6.07, 6.45) is 2.41. The quantitative estimate of drug-likeness (QED) is 0.871. The van der Waals surface area contributed by atoms with Crippen LogP contribution in [-0.2, 0) is 19.5 Å². The second kappa shape index (κ2) is 8.13. The first-order chi connectivity index (χ1) is 11.3. The Bertz CT molecular complexity index is 512. The van der Waals surface area contributed by atoms with Crippen molar-refractivity contribution in [3.8, 4) is 5.75 Å². The Balaban J connectivity index is 1.78. The van der Waals surface area contributed by atoms with Gasteiger partial charge in [0.1, 0.15) is 5.75 Å². The molecule has 0 radical (unpaired) electrons. The molecule has 0 amide bonds. The first-order valence-corrected chi connectivity index (χ1v) is 9.23. The predicted molar refractivity (Wildman–Crippen MR) is 95.0 cm³/mol. The lowest BCUT2D eigenvalue weighted by molar-refractivity contribution is 0.227. The molecule has 4 nitrogen and oxygen atoms in total. The molecule has 128 valence electrons. The number of rotatable bonds is 6. The summed E-state index contributed by atoms with van der Waals surface area (Å²) in [6, 6.07) is 4.74. The van der Waals surface area contributed by atoms with Crippen LogP contribution < -0.4 is 10.1 Å². The van der Waals surface area contributed by atoms with Gasteiger partial charge >= 0.3 is 0 Å². The Morgan fingerprint density at radius 2 is 1.87 bits per heavy atom. The molecule has 0 unspecified atom stereocenters. The summed E-state index contributed by atoms with van der Waals surface area (Å²) in [5, 5.41) is 3.43. The van der Waals surface area contributed by atoms with Gasteiger partial charge in [0, 0.05) is 51.4 Å². The Labute approximate surface area is 140 Å². The highest BCUT2D eigenvalue weighted by molar-refractivity contribution is 5.44. The van der Waals surface area contributed by atoms with Crippen LogP contribution >= 0.6 is 0 Å². The van der Waals surface area contributed by atoms with Crippen LogP contribution in [0.5, 0.6) is 5.75 Å². The fourth-order valence-corrected chi connectivity index (χ4v) is 3.73. The maximum absolute atomic E-state index is 5.98. The summed E-state index contributed by atoms with van der Waals surface area (Å²) in [5.74, 6) is 1.10. The fourth-order valence-electron chi connectivity index (χ4n) is 3.73. The number of benzene rings is 1. The van der Waals surface area contributed by atoms with Crippen LogP contribution in [0, 0.1) is 0 Å². The van der Waals surface area contributed by atoms with Gasteiger partial charge in [-0.15, -0.1) is 0 Å². The zero-order valence-electron chi connectivity index (χ0n) is 14.7. The van der Waals surface area contributed by atoms with E-state index in [9.17, 15) is 0 Å². The number of piperazine rings is 1. The number of hydrogen-bond acceptors (Lipinski definition) is 4. The number of fused-ring (bicyclic) bond motifs is 1. The number of nitrogens with zero attached hydrogens (tertiary/aromatic N) is 2. The van der Waals surface area contributed by atoms with Crippen molar-refractivity contribution in [3.63, 3.8) is 0 Å². The Morgan fingerprint density at radius 3 is 2.61 bits per heavy atom. The number of nitrogens with one attached hydrogen (secondary N) is 1. The van der Waals surface area contributed by atoms with E-state index in [1.54, 1.807) is 0 Å². The molecule has 0 bridgehead atoms. The third-order valence-corrected chi connectivity index (χ3v) is 4.92. The summed E-state index contributed by atoms with van der Waals surface area (Å²) in [4.78, 5) is 5.10. The fraction of sp³-hybridized carbons (Fsp3) is 0.684. The molecule has 1 fully saturated rings. The molecule has 0 spiro atoms. The Kier molecular flexibility index (Phi) is 5.92. The first-order valence-electron chi connectivity index (χ1n) is 9.23. The van der Waals surface area contributed by atoms with Gasteiger partial charge in [0.2, 0.25) is 0 Å². The van der Waals surface area contributed by atoms with Crippen molar-refractivity contribution in [3.05, 3.63) is 28.8 Å². The van der Waals surface area contributed by atoms with Crippen molar-refractivity contribution in [1.29, 1.82) is 0 Å². The molecular weight excluding hydrogens is 286 g/mol. The zero-order chi connectivity index (χ0) is 16.1. The van der Waals surface area contributed by atoms with Crippen molar-refractivity contribution >= 4 is 0 Å². The highest BCUT2D eigenvalue weighted by Crippen LogP contribution is 2.29. The molecule has 0 aromatic heterocycles. The van der Waals surface area contributed by atoms with Gasteiger partial charge < -0.3 is 10.1 Å². The second-order valence-electron chi connectivity index (χ2n) is 6.71. The van der Waals surface area contributed by atoms with E-state index in [4.69, 9.17) is 4.74 Å². The zero-order valence-corrected chi connectivity index (χ0v) is 14.7. The molecule has 1 aromatic carbocycles. The lowest BCUT2D eigenvalue weighted by Gasteiger charge is -2.31. The lowest BCUT2D eigenvalue weighted by Crippen LogP contribution is -2.43. The Morgan fingerprint density at radius 1 is 1.04 bits per heavy atom. The smallest absolute Gasteiger partial charge is 0.124 e. The summed E-state index contributed by atoms with van der Waals surface area (Å²) in [7, 11) is 0. The van der Waals surface area contributed by atoms with Crippen LogP contribution in [-0.4, -0.2) is 55.7 Å². The van der Waals surface area contributed by atoms with Crippen LogP contribution in [0.15, 0.2) is 12.1 Å². The highest BCUT2D eigenvalue weighted by Gasteiger charge is 2.20. The van der Waals surface area contributed by atoms with Crippen LogP contribution in [0.4, 0.5) is 0 Å². The van der Waals surface area contributed by atoms with Gasteiger partial charge in [-0.3, -0.25) is 9.80 Å². The topological polar surface area (TPSA) is 27.7 Å². The van der Waals surface area contributed by atoms with Gasteiger partial charge in [-0.05, 0) is 43.5 Å². The average Bonchev–Trinajstić information content (AvgIpc) is 2.57. The van der Waals surface area contributed by atoms with Gasteiger partial charge in [-0.1, -0.05) is 13.0 Å². The predicted octanol–water partition coefficient (Wildman–Crippen LogP) is 2.26. The maximum atomic E-state index is 5.98. The molecule has 0 saturated carbocycles. The molecule has 2 aliphatic rings. The van der Waals surface area contributed by atoms with E-state index in [1.165, 1.54) is 42.6 Å². The Hall–Kier alpha value is -1.10. The van der Waals surface area contributed by atoms with Crippen LogP contribution in [0.25, 0.3) is 0 Å². The second-order valence-corrected chi connectivity index (χ2v) is 6.71. The minimum atomic E-state index is 0.742. The molecule has 1 N–H and O–H groups in total. The summed E-state index contributed by atoms with van der Waals surface area (Å²) < 4.78 is 5.98. The van der Waals surface area contributed by atoms with Gasteiger partial charge in [-0.2, -0.15) is 0 Å². The van der Waals surface area contributed by atoms with Crippen LogP contribution in [0.1, 0.15) is 37.0 Å². The molecule has 0 aliphatic carbocycles. The minimum absolute atomic E-state index is 0.742. The standard InChI is InChI=1S/C19H31N3O/c1-3-8-21-9-5-16-12-18(15-22-10-6-20-7-11-22)19(23-4-2)13-17(16)14-21/h12-13,20H,3-11,14-15H2,1-2H3. The van der Waals surface area contributed by atoms with Crippen LogP contribution in [0.3, 0.4) is 0 Å². The number of ether oxygens (including phenoxy) is 1. The normalized spacial score (nSPS) is 19.6. The van der Waals surface area contributed by atoms with Gasteiger partial charge in [-0.25, -0.2) is 0 Å². The maximum Gasteiger partial charge on any atom is 0.124 e. The lowest BCUT2D eigenvalue weighted by atomic mass is 9.96. The van der Waals surface area contributed by atoms with Crippen molar-refractivity contribution < 1.29 is 4.74 Å². The molecule has 2 aliphatic heterocycles. The highest BCUT2D eigenvalue weighted by atomic mass is 16.5. The first kappa shape index (κ1) is 16.7. The third-order valence-electron chi connectivity index (χ3n) is 4.92. The van der Waals surface area contributed by atoms with Gasteiger partial charge in [0.15, 0.2) is 0 Å². The van der Waals surface area contributed by atoms with E-state index < -0.39 is 0 Å². The molecule has 2 heterocycles. The van der Waals surface area contributed by atoms with Gasteiger partial charge in [0.05, 0.1) is 6.61 Å². The molecular formula is C19H31N3O. The average molecular weight is 317 g/mol. The monoisotopic (exact) mass is 317 g/mol. The van der Waals surface area contributed by atoms with E-state index in [0.717, 1.165) is 51.6 Å². The van der Waals surface area contributed by atoms with Crippen molar-refractivity contribution in [2.45, 2.75) is 39.8 Å². The van der Waals surface area contributed by atoms with Crippen molar-refractivity contribution in [1.82, 2.24) is 15.1 Å². The van der Waals surface area contributed by atoms with E-state index in [1.807, 2.05) is 0 Å². The molecule has 4 heteroatoms. The van der Waals surface area contributed by atoms with Crippen LogP contribution in [0.2, 0.25) is 0 Å². The van der Waals surface area contributed by atoms with E-state index in [2.05, 4.69) is 41.1 Å². The molecule has 3 rings (SSSR count). The minimum Gasteiger partial charge on any atom is -0.494 e. The van der Waals surface area contributed by atoms with E-state index in [0.29, 0.717) is 0 Å². The van der Waals surface area contributed by atoms with E-state index >= 15 is 0 Å². The molecule has 23 heavy (non-hydrogen) atoms. The van der Waals surface area contributed by atoms with Gasteiger partial charge in [0.25, 0.3) is 0 Å². The van der Waals surface area contributed by atoms with Crippen molar-refractivity contribution in [2.75, 3.05) is 45.9 Å². The summed E-state index contributed by atoms with van der Waals surface area (Å²) >= 11 is 0. The molecule has 1 aromatic rings. The molecule has 1 saturated heterocycles. The summed E-state index contributed by atoms with van der Waals surface area (Å²) in [6.45, 7) is 14.0. The van der Waals surface area contributed by atoms with E-state index in [-0.39, 0.29) is 0 Å².